The number of unbranched alkanes of at least 4 members (excludes halogenated alkanes) is 4. The van der Waals surface area contributed by atoms with Gasteiger partial charge in [0.25, 0.3) is 0 Å². The molecule has 0 aromatic heterocycles. The minimum Gasteiger partial charge on any atom is -0.0654 e. The number of benzene rings is 1. The first-order chi connectivity index (χ1) is 15.8. The Morgan fingerprint density at radius 2 is 1.33 bits per heavy atom. The Hall–Kier alpha value is -0.780. The molecule has 0 N–H and O–H groups in total. The van der Waals surface area contributed by atoms with Gasteiger partial charge in [-0.25, -0.2) is 0 Å². The maximum absolute atomic E-state index is 2.61. The van der Waals surface area contributed by atoms with E-state index in [4.69, 9.17) is 0 Å². The Labute approximate surface area is 209 Å². The zero-order valence-electron chi connectivity index (χ0n) is 24.2. The van der Waals surface area contributed by atoms with E-state index in [9.17, 15) is 0 Å². The van der Waals surface area contributed by atoms with Crippen LogP contribution in [-0.4, -0.2) is 0 Å². The molecule has 4 unspecified atom stereocenters. The minimum atomic E-state index is 0.261. The van der Waals surface area contributed by atoms with Crippen molar-refractivity contribution in [3.05, 3.63) is 35.9 Å². The minimum absolute atomic E-state index is 0.261. The largest absolute Gasteiger partial charge is 0.0654 e. The van der Waals surface area contributed by atoms with Gasteiger partial charge in [-0.2, -0.15) is 0 Å². The lowest BCUT2D eigenvalue weighted by Crippen LogP contribution is -2.52. The predicted molar refractivity (Wildman–Crippen MR) is 151 cm³/mol. The van der Waals surface area contributed by atoms with Crippen LogP contribution in [0.4, 0.5) is 0 Å². The molecule has 192 valence electrons. The highest BCUT2D eigenvalue weighted by atomic mass is 14.6. The molecule has 0 radical (unpaired) electrons. The summed E-state index contributed by atoms with van der Waals surface area (Å²) < 4.78 is 0. The van der Waals surface area contributed by atoms with Crippen LogP contribution in [0.5, 0.6) is 0 Å². The molecule has 0 saturated heterocycles. The van der Waals surface area contributed by atoms with E-state index in [1.807, 2.05) is 0 Å². The monoisotopic (exact) mass is 456 g/mol. The first kappa shape index (κ1) is 30.3. The van der Waals surface area contributed by atoms with Gasteiger partial charge in [0.15, 0.2) is 0 Å². The maximum atomic E-state index is 2.61. The fourth-order valence-electron chi connectivity index (χ4n) is 7.37. The summed E-state index contributed by atoms with van der Waals surface area (Å²) in [6, 6.07) is 11.8. The molecular formula is C33H60. The molecular weight excluding hydrogens is 396 g/mol. The summed E-state index contributed by atoms with van der Waals surface area (Å²) in [5, 5.41) is 0. The van der Waals surface area contributed by atoms with Crippen molar-refractivity contribution in [3.8, 4) is 0 Å². The summed E-state index contributed by atoms with van der Waals surface area (Å²) in [4.78, 5) is 0. The molecule has 0 aliphatic carbocycles. The van der Waals surface area contributed by atoms with Crippen molar-refractivity contribution in [2.45, 2.75) is 145 Å². The molecule has 0 heteroatoms. The van der Waals surface area contributed by atoms with Crippen LogP contribution in [0.15, 0.2) is 30.3 Å². The summed E-state index contributed by atoms with van der Waals surface area (Å²) in [5.41, 5.74) is 2.31. The molecule has 1 rings (SSSR count). The fraction of sp³-hybridized carbons (Fsp3) is 0.818. The van der Waals surface area contributed by atoms with Crippen LogP contribution in [0.1, 0.15) is 145 Å². The van der Waals surface area contributed by atoms with Crippen LogP contribution in [0, 0.1) is 29.1 Å². The van der Waals surface area contributed by atoms with Gasteiger partial charge in [-0.05, 0) is 60.3 Å². The third-order valence-corrected chi connectivity index (χ3v) is 9.06. The van der Waals surface area contributed by atoms with Gasteiger partial charge >= 0.3 is 0 Å². The van der Waals surface area contributed by atoms with E-state index in [1.54, 1.807) is 5.56 Å². The summed E-state index contributed by atoms with van der Waals surface area (Å²) in [6.07, 6.45) is 16.2. The van der Waals surface area contributed by atoms with E-state index >= 15 is 0 Å². The average Bonchev–Trinajstić information content (AvgIpc) is 2.80. The third kappa shape index (κ3) is 7.60. The van der Waals surface area contributed by atoms with E-state index in [2.05, 4.69) is 92.6 Å². The van der Waals surface area contributed by atoms with Gasteiger partial charge in [-0.1, -0.05) is 144 Å². The highest BCUT2D eigenvalue weighted by Crippen LogP contribution is 2.59. The van der Waals surface area contributed by atoms with Crippen LogP contribution in [0.2, 0.25) is 0 Å². The first-order valence-electron chi connectivity index (χ1n) is 14.8. The highest BCUT2D eigenvalue weighted by Gasteiger charge is 2.53. The van der Waals surface area contributed by atoms with Crippen molar-refractivity contribution >= 4 is 0 Å². The van der Waals surface area contributed by atoms with Gasteiger partial charge in [0.1, 0.15) is 0 Å². The van der Waals surface area contributed by atoms with Crippen LogP contribution in [0.25, 0.3) is 0 Å². The van der Waals surface area contributed by atoms with E-state index in [-0.39, 0.29) is 5.41 Å². The lowest BCUT2D eigenvalue weighted by Gasteiger charge is -2.57. The predicted octanol–water partition coefficient (Wildman–Crippen LogP) is 11.2. The van der Waals surface area contributed by atoms with E-state index < -0.39 is 0 Å². The molecule has 0 bridgehead atoms. The van der Waals surface area contributed by atoms with Crippen LogP contribution in [0.3, 0.4) is 0 Å². The van der Waals surface area contributed by atoms with Gasteiger partial charge in [0.05, 0.1) is 0 Å². The standard InChI is InChI=1S/C33H60/c1-10-14-16-20-25-33(28(7)8,30-22-18-17-19-23-30)31(21-12-3)32(24-15-11-2,26-27(5)6)29(9)13-4/h17-19,22-23,27-29,31H,10-16,20-21,24-26H2,1-9H3. The molecule has 0 heterocycles. The molecule has 0 saturated carbocycles. The van der Waals surface area contributed by atoms with Gasteiger partial charge in [-0.3, -0.25) is 0 Å². The van der Waals surface area contributed by atoms with E-state index in [1.165, 1.54) is 77.0 Å². The van der Waals surface area contributed by atoms with Gasteiger partial charge < -0.3 is 0 Å². The lowest BCUT2D eigenvalue weighted by molar-refractivity contribution is -0.0381. The number of hydrogen-bond acceptors (Lipinski definition) is 0. The quantitative estimate of drug-likeness (QED) is 0.193. The van der Waals surface area contributed by atoms with Crippen molar-refractivity contribution in [2.75, 3.05) is 0 Å². The second-order valence-electron chi connectivity index (χ2n) is 12.0. The third-order valence-electron chi connectivity index (χ3n) is 9.06. The van der Waals surface area contributed by atoms with Gasteiger partial charge in [0.2, 0.25) is 0 Å². The molecule has 1 aromatic rings. The second kappa shape index (κ2) is 15.3. The SMILES string of the molecule is CCCCCCC(c1ccccc1)(C(C)C)C(CCC)C(CCCC)(CC(C)C)C(C)CC. The fourth-order valence-corrected chi connectivity index (χ4v) is 7.37. The topological polar surface area (TPSA) is 0 Å². The molecule has 0 fully saturated rings. The average molecular weight is 457 g/mol. The summed E-state index contributed by atoms with van der Waals surface area (Å²) >= 11 is 0. The van der Waals surface area contributed by atoms with Gasteiger partial charge in [0, 0.05) is 5.41 Å². The summed E-state index contributed by atoms with van der Waals surface area (Å²) in [5.74, 6) is 2.90. The molecule has 33 heavy (non-hydrogen) atoms. The van der Waals surface area contributed by atoms with Crippen molar-refractivity contribution < 1.29 is 0 Å². The summed E-state index contributed by atoms with van der Waals surface area (Å²) in [7, 11) is 0. The van der Waals surface area contributed by atoms with Crippen LogP contribution in [-0.2, 0) is 5.41 Å². The van der Waals surface area contributed by atoms with Crippen molar-refractivity contribution in [1.29, 1.82) is 0 Å². The molecule has 0 nitrogen and oxygen atoms in total. The van der Waals surface area contributed by atoms with Crippen molar-refractivity contribution in [3.63, 3.8) is 0 Å². The Bertz CT molecular complexity index is 600. The zero-order valence-corrected chi connectivity index (χ0v) is 24.2. The van der Waals surface area contributed by atoms with Gasteiger partial charge in [-0.15, -0.1) is 0 Å². The smallest absolute Gasteiger partial charge is 0.000958 e. The molecule has 0 amide bonds. The molecule has 4 atom stereocenters. The second-order valence-corrected chi connectivity index (χ2v) is 12.0. The van der Waals surface area contributed by atoms with Crippen molar-refractivity contribution in [1.82, 2.24) is 0 Å². The Morgan fingerprint density at radius 1 is 0.697 bits per heavy atom. The molecule has 1 aromatic carbocycles. The Kier molecular flexibility index (Phi) is 14.0. The first-order valence-corrected chi connectivity index (χ1v) is 14.8. The molecule has 0 spiro atoms. The van der Waals surface area contributed by atoms with E-state index in [0.717, 1.165) is 17.8 Å². The number of rotatable bonds is 18. The van der Waals surface area contributed by atoms with E-state index in [0.29, 0.717) is 11.3 Å². The molecule has 0 aliphatic rings. The highest BCUT2D eigenvalue weighted by molar-refractivity contribution is 5.29. The van der Waals surface area contributed by atoms with Crippen LogP contribution >= 0.6 is 0 Å². The van der Waals surface area contributed by atoms with Crippen molar-refractivity contribution in [2.24, 2.45) is 29.1 Å². The lowest BCUT2D eigenvalue weighted by atomic mass is 9.47. The summed E-state index contributed by atoms with van der Waals surface area (Å²) in [6.45, 7) is 22.3. The van der Waals surface area contributed by atoms with Crippen LogP contribution < -0.4 is 0 Å². The Morgan fingerprint density at radius 3 is 1.82 bits per heavy atom. The Balaban J connectivity index is 3.83. The zero-order chi connectivity index (χ0) is 24.9. The number of hydrogen-bond donors (Lipinski definition) is 0. The molecule has 0 aliphatic heterocycles. The maximum Gasteiger partial charge on any atom is 0.000958 e. The normalized spacial score (nSPS) is 17.7.